The minimum atomic E-state index is -3.93. The molecule has 2 N–H and O–H groups in total. The fourth-order valence-corrected chi connectivity index (χ4v) is 4.94. The number of nitrogens with one attached hydrogen (secondary N) is 2. The number of hydrogen-bond donors (Lipinski definition) is 2. The topological polar surface area (TPSA) is 93.7 Å². The van der Waals surface area contributed by atoms with Gasteiger partial charge in [0.05, 0.1) is 11.1 Å². The van der Waals surface area contributed by atoms with Gasteiger partial charge in [0.2, 0.25) is 10.0 Å². The third kappa shape index (κ3) is 5.47. The fraction of sp³-hybridized carbons (Fsp3) is 0.208. The summed E-state index contributed by atoms with van der Waals surface area (Å²) in [4.78, 5) is 12.7. The molecule has 0 bridgehead atoms. The van der Waals surface area contributed by atoms with Crippen LogP contribution in [-0.4, -0.2) is 27.5 Å². The van der Waals surface area contributed by atoms with Gasteiger partial charge < -0.3 is 14.8 Å². The van der Waals surface area contributed by atoms with Crippen LogP contribution < -0.4 is 19.5 Å². The Morgan fingerprint density at radius 3 is 2.48 bits per heavy atom. The number of ether oxygens (including phenoxy) is 2. The third-order valence-electron chi connectivity index (χ3n) is 5.21. The molecule has 1 heterocycles. The number of hydrogen-bond acceptors (Lipinski definition) is 5. The van der Waals surface area contributed by atoms with Crippen molar-refractivity contribution in [2.45, 2.75) is 24.4 Å². The molecule has 0 fully saturated rings. The van der Waals surface area contributed by atoms with Crippen molar-refractivity contribution in [2.24, 2.45) is 0 Å². The highest BCUT2D eigenvalue weighted by Gasteiger charge is 2.21. The number of amides is 1. The molecule has 3 aromatic rings. The molecule has 1 aliphatic rings. The van der Waals surface area contributed by atoms with Crippen LogP contribution in [0.4, 0.5) is 0 Å². The molecule has 0 aromatic heterocycles. The van der Waals surface area contributed by atoms with E-state index in [1.807, 2.05) is 49.4 Å². The monoisotopic (exact) mass is 486 g/mol. The Kier molecular flexibility index (Phi) is 6.88. The van der Waals surface area contributed by atoms with Crippen molar-refractivity contribution >= 4 is 27.5 Å². The van der Waals surface area contributed by atoms with Crippen molar-refractivity contribution in [3.63, 3.8) is 0 Å². The van der Waals surface area contributed by atoms with Crippen LogP contribution in [0.3, 0.4) is 0 Å². The van der Waals surface area contributed by atoms with Gasteiger partial charge in [-0.1, -0.05) is 48.0 Å². The molecule has 1 aliphatic heterocycles. The van der Waals surface area contributed by atoms with Gasteiger partial charge in [0.25, 0.3) is 5.91 Å². The summed E-state index contributed by atoms with van der Waals surface area (Å²) in [7, 11) is -3.93. The Hall–Kier alpha value is -3.07. The second-order valence-electron chi connectivity index (χ2n) is 7.55. The van der Waals surface area contributed by atoms with E-state index in [1.165, 1.54) is 18.2 Å². The molecule has 0 saturated heterocycles. The van der Waals surface area contributed by atoms with E-state index in [-0.39, 0.29) is 28.1 Å². The van der Waals surface area contributed by atoms with Gasteiger partial charge in [-0.25, -0.2) is 13.1 Å². The van der Waals surface area contributed by atoms with Gasteiger partial charge in [-0.15, -0.1) is 0 Å². The van der Waals surface area contributed by atoms with Crippen molar-refractivity contribution < 1.29 is 22.7 Å². The van der Waals surface area contributed by atoms with E-state index >= 15 is 0 Å². The molecule has 9 heteroatoms. The summed E-state index contributed by atoms with van der Waals surface area (Å²) < 4.78 is 39.3. The number of fused-ring (bicyclic) bond motifs is 1. The highest BCUT2D eigenvalue weighted by atomic mass is 35.5. The van der Waals surface area contributed by atoms with Crippen LogP contribution in [0.2, 0.25) is 5.02 Å². The standard InChI is InChI=1S/C24H23ClN2O5S/c1-16(18-8-10-21-22(13-18)32-12-11-31-21)27-24(28)19-7-9-20(25)23(14-19)33(29,30)26-15-17-5-3-2-4-6-17/h2-10,13-14,16,26H,11-12,15H2,1H3,(H,27,28). The second-order valence-corrected chi connectivity index (χ2v) is 9.70. The van der Waals surface area contributed by atoms with Crippen LogP contribution in [0.25, 0.3) is 0 Å². The van der Waals surface area contributed by atoms with Crippen LogP contribution in [0.5, 0.6) is 11.5 Å². The number of carbonyl (C=O) groups is 1. The van der Waals surface area contributed by atoms with Crippen LogP contribution in [-0.2, 0) is 16.6 Å². The summed E-state index contributed by atoms with van der Waals surface area (Å²) in [6.07, 6.45) is 0. The molecule has 1 amide bonds. The molecule has 0 saturated carbocycles. The van der Waals surface area contributed by atoms with Crippen molar-refractivity contribution in [2.75, 3.05) is 13.2 Å². The zero-order chi connectivity index (χ0) is 23.4. The number of sulfonamides is 1. The van der Waals surface area contributed by atoms with Gasteiger partial charge in [0, 0.05) is 12.1 Å². The predicted octanol–water partition coefficient (Wildman–Crippen LogP) is 4.08. The largest absolute Gasteiger partial charge is 0.486 e. The van der Waals surface area contributed by atoms with E-state index in [0.29, 0.717) is 24.7 Å². The van der Waals surface area contributed by atoms with E-state index in [2.05, 4.69) is 10.0 Å². The maximum atomic E-state index is 12.9. The zero-order valence-corrected chi connectivity index (χ0v) is 19.4. The summed E-state index contributed by atoms with van der Waals surface area (Å²) in [5.74, 6) is 0.872. The maximum absolute atomic E-state index is 12.9. The van der Waals surface area contributed by atoms with E-state index in [1.54, 1.807) is 6.07 Å². The van der Waals surface area contributed by atoms with Crippen LogP contribution in [0.1, 0.15) is 34.5 Å². The minimum Gasteiger partial charge on any atom is -0.486 e. The summed E-state index contributed by atoms with van der Waals surface area (Å²) in [6, 6.07) is 18.4. The van der Waals surface area contributed by atoms with E-state index < -0.39 is 15.9 Å². The van der Waals surface area contributed by atoms with Gasteiger partial charge in [0.15, 0.2) is 11.5 Å². The van der Waals surface area contributed by atoms with E-state index in [0.717, 1.165) is 11.1 Å². The van der Waals surface area contributed by atoms with Crippen molar-refractivity contribution in [3.05, 3.63) is 88.4 Å². The number of benzene rings is 3. The first-order valence-corrected chi connectivity index (χ1v) is 12.2. The van der Waals surface area contributed by atoms with E-state index in [4.69, 9.17) is 21.1 Å². The Labute approximate surface area is 197 Å². The Balaban J connectivity index is 1.49. The summed E-state index contributed by atoms with van der Waals surface area (Å²) in [5.41, 5.74) is 1.82. The highest BCUT2D eigenvalue weighted by molar-refractivity contribution is 7.89. The van der Waals surface area contributed by atoms with Crippen molar-refractivity contribution in [1.29, 1.82) is 0 Å². The first-order chi connectivity index (χ1) is 15.8. The first kappa shape index (κ1) is 23.1. The summed E-state index contributed by atoms with van der Waals surface area (Å²) >= 11 is 6.16. The van der Waals surface area contributed by atoms with Gasteiger partial charge in [-0.05, 0) is 48.4 Å². The summed E-state index contributed by atoms with van der Waals surface area (Å²) in [6.45, 7) is 2.91. The van der Waals surface area contributed by atoms with Gasteiger partial charge in [0.1, 0.15) is 18.1 Å². The minimum absolute atomic E-state index is 0.0343. The quantitative estimate of drug-likeness (QED) is 0.525. The average molecular weight is 487 g/mol. The Bertz CT molecular complexity index is 1270. The molecular weight excluding hydrogens is 464 g/mol. The van der Waals surface area contributed by atoms with Crippen molar-refractivity contribution in [1.82, 2.24) is 10.0 Å². The van der Waals surface area contributed by atoms with Crippen LogP contribution in [0, 0.1) is 0 Å². The summed E-state index contributed by atoms with van der Waals surface area (Å²) in [5, 5.41) is 2.92. The normalized spacial score (nSPS) is 13.9. The number of halogens is 1. The molecule has 33 heavy (non-hydrogen) atoms. The fourth-order valence-electron chi connectivity index (χ4n) is 3.40. The highest BCUT2D eigenvalue weighted by Crippen LogP contribution is 2.32. The first-order valence-electron chi connectivity index (χ1n) is 10.4. The Morgan fingerprint density at radius 1 is 1.00 bits per heavy atom. The van der Waals surface area contributed by atoms with Gasteiger partial charge in [-0.2, -0.15) is 0 Å². The lowest BCUT2D eigenvalue weighted by Gasteiger charge is -2.21. The zero-order valence-electron chi connectivity index (χ0n) is 17.9. The number of carbonyl (C=O) groups excluding carboxylic acids is 1. The van der Waals surface area contributed by atoms with Gasteiger partial charge in [-0.3, -0.25) is 4.79 Å². The molecule has 4 rings (SSSR count). The molecule has 0 spiro atoms. The predicted molar refractivity (Wildman–Crippen MR) is 125 cm³/mol. The Morgan fingerprint density at radius 2 is 1.73 bits per heavy atom. The molecule has 0 aliphatic carbocycles. The molecule has 3 aromatic carbocycles. The molecular formula is C24H23ClN2O5S. The lowest BCUT2D eigenvalue weighted by atomic mass is 10.1. The molecule has 172 valence electrons. The lowest BCUT2D eigenvalue weighted by molar-refractivity contribution is 0.0939. The molecule has 7 nitrogen and oxygen atoms in total. The average Bonchev–Trinajstić information content (AvgIpc) is 2.83. The van der Waals surface area contributed by atoms with Crippen molar-refractivity contribution in [3.8, 4) is 11.5 Å². The molecule has 1 unspecified atom stereocenters. The molecule has 1 atom stereocenters. The number of rotatable bonds is 7. The third-order valence-corrected chi connectivity index (χ3v) is 7.09. The SMILES string of the molecule is CC(NC(=O)c1ccc(Cl)c(S(=O)(=O)NCc2ccccc2)c1)c1ccc2c(c1)OCCO2. The second kappa shape index (κ2) is 9.82. The smallest absolute Gasteiger partial charge is 0.251 e. The van der Waals surface area contributed by atoms with Gasteiger partial charge >= 0.3 is 0 Å². The van der Waals surface area contributed by atoms with E-state index in [9.17, 15) is 13.2 Å². The van der Waals surface area contributed by atoms with Crippen LogP contribution >= 0.6 is 11.6 Å². The van der Waals surface area contributed by atoms with Crippen LogP contribution in [0.15, 0.2) is 71.6 Å². The maximum Gasteiger partial charge on any atom is 0.251 e. The molecule has 0 radical (unpaired) electrons. The lowest BCUT2D eigenvalue weighted by Crippen LogP contribution is -2.28.